The van der Waals surface area contributed by atoms with E-state index in [2.05, 4.69) is 5.32 Å². The van der Waals surface area contributed by atoms with Gasteiger partial charge < -0.3 is 15.0 Å². The summed E-state index contributed by atoms with van der Waals surface area (Å²) in [6, 6.07) is 5.44. The molecule has 1 saturated heterocycles. The lowest BCUT2D eigenvalue weighted by Gasteiger charge is -2.32. The van der Waals surface area contributed by atoms with Crippen molar-refractivity contribution in [2.45, 2.75) is 26.2 Å². The predicted octanol–water partition coefficient (Wildman–Crippen LogP) is 2.88. The van der Waals surface area contributed by atoms with Crippen LogP contribution in [-0.4, -0.2) is 44.1 Å². The highest BCUT2D eigenvalue weighted by Gasteiger charge is 2.22. The Kier molecular flexibility index (Phi) is 6.52. The number of benzene rings is 1. The maximum Gasteiger partial charge on any atom is 0.260 e. The van der Waals surface area contributed by atoms with Gasteiger partial charge >= 0.3 is 0 Å². The minimum Gasteiger partial charge on any atom is -0.483 e. The Labute approximate surface area is 137 Å². The van der Waals surface area contributed by atoms with Gasteiger partial charge in [-0.05, 0) is 69.5 Å². The summed E-state index contributed by atoms with van der Waals surface area (Å²) in [4.78, 5) is 14.2. The summed E-state index contributed by atoms with van der Waals surface area (Å²) in [5.74, 6) is 1.53. The Bertz CT molecular complexity index is 499. The minimum atomic E-state index is 0.0708. The summed E-state index contributed by atoms with van der Waals surface area (Å²) in [6.45, 7) is 4.77. The highest BCUT2D eigenvalue weighted by atomic mass is 35.5. The topological polar surface area (TPSA) is 41.6 Å². The van der Waals surface area contributed by atoms with Crippen molar-refractivity contribution in [3.05, 3.63) is 28.8 Å². The molecule has 0 unspecified atom stereocenters. The van der Waals surface area contributed by atoms with E-state index in [1.807, 2.05) is 31.0 Å². The number of halogens is 1. The summed E-state index contributed by atoms with van der Waals surface area (Å²) < 4.78 is 5.64. The van der Waals surface area contributed by atoms with Crippen molar-refractivity contribution in [1.82, 2.24) is 10.2 Å². The second-order valence-electron chi connectivity index (χ2n) is 5.91. The molecule has 0 spiro atoms. The van der Waals surface area contributed by atoms with Gasteiger partial charge in [-0.3, -0.25) is 4.79 Å². The normalized spacial score (nSPS) is 15.9. The number of aryl methyl sites for hydroxylation is 1. The van der Waals surface area contributed by atoms with Crippen molar-refractivity contribution in [3.63, 3.8) is 0 Å². The zero-order chi connectivity index (χ0) is 15.9. The molecule has 22 heavy (non-hydrogen) atoms. The Balaban J connectivity index is 1.76. The molecule has 0 saturated carbocycles. The molecule has 1 fully saturated rings. The van der Waals surface area contributed by atoms with Crippen LogP contribution in [0.2, 0.25) is 5.02 Å². The lowest BCUT2D eigenvalue weighted by Crippen LogP contribution is -2.41. The largest absolute Gasteiger partial charge is 0.483 e. The third-order valence-corrected chi connectivity index (χ3v) is 4.49. The zero-order valence-electron chi connectivity index (χ0n) is 13.4. The molecule has 4 nitrogen and oxygen atoms in total. The van der Waals surface area contributed by atoms with E-state index in [4.69, 9.17) is 16.3 Å². The quantitative estimate of drug-likeness (QED) is 0.875. The predicted molar refractivity (Wildman–Crippen MR) is 89.5 cm³/mol. The van der Waals surface area contributed by atoms with Crippen molar-refractivity contribution in [3.8, 4) is 5.75 Å². The van der Waals surface area contributed by atoms with Gasteiger partial charge in [-0.25, -0.2) is 0 Å². The second-order valence-corrected chi connectivity index (χ2v) is 6.35. The van der Waals surface area contributed by atoms with Gasteiger partial charge in [-0.2, -0.15) is 0 Å². The molecule has 1 aliphatic heterocycles. The number of piperidine rings is 1. The first-order chi connectivity index (χ1) is 10.6. The maximum absolute atomic E-state index is 12.2. The Morgan fingerprint density at radius 2 is 2.14 bits per heavy atom. The molecule has 5 heteroatoms. The van der Waals surface area contributed by atoms with Gasteiger partial charge in [0.15, 0.2) is 6.61 Å². The molecule has 1 aliphatic rings. The molecule has 0 radical (unpaired) electrons. The lowest BCUT2D eigenvalue weighted by atomic mass is 9.93. The van der Waals surface area contributed by atoms with Crippen LogP contribution < -0.4 is 10.1 Å². The zero-order valence-corrected chi connectivity index (χ0v) is 14.2. The Morgan fingerprint density at radius 1 is 1.41 bits per heavy atom. The van der Waals surface area contributed by atoms with E-state index >= 15 is 0 Å². The fourth-order valence-electron chi connectivity index (χ4n) is 2.83. The molecule has 2 rings (SSSR count). The summed E-state index contributed by atoms with van der Waals surface area (Å²) in [7, 11) is 1.98. The first-order valence-corrected chi connectivity index (χ1v) is 8.29. The van der Waals surface area contributed by atoms with Gasteiger partial charge in [-0.15, -0.1) is 0 Å². The van der Waals surface area contributed by atoms with E-state index < -0.39 is 0 Å². The number of likely N-dealkylation sites (tertiary alicyclic amines) is 1. The third kappa shape index (κ3) is 4.89. The first kappa shape index (κ1) is 17.1. The summed E-state index contributed by atoms with van der Waals surface area (Å²) in [5.41, 5.74) is 0.950. The van der Waals surface area contributed by atoms with Crippen LogP contribution in [0.4, 0.5) is 0 Å². The number of nitrogens with zero attached hydrogens (tertiary/aromatic N) is 1. The molecule has 0 aromatic heterocycles. The van der Waals surface area contributed by atoms with E-state index in [0.717, 1.165) is 49.7 Å². The Morgan fingerprint density at radius 3 is 2.77 bits per heavy atom. The molecule has 1 amide bonds. The van der Waals surface area contributed by atoms with Crippen LogP contribution in [0, 0.1) is 12.8 Å². The van der Waals surface area contributed by atoms with Crippen LogP contribution >= 0.6 is 11.6 Å². The number of nitrogens with one attached hydrogen (secondary N) is 1. The summed E-state index contributed by atoms with van der Waals surface area (Å²) >= 11 is 5.92. The van der Waals surface area contributed by atoms with E-state index in [1.54, 1.807) is 6.07 Å². The third-order valence-electron chi connectivity index (χ3n) is 4.26. The van der Waals surface area contributed by atoms with Crippen LogP contribution in [0.5, 0.6) is 5.75 Å². The average molecular weight is 325 g/mol. The van der Waals surface area contributed by atoms with Gasteiger partial charge in [0.2, 0.25) is 0 Å². The van der Waals surface area contributed by atoms with Gasteiger partial charge in [0.25, 0.3) is 5.91 Å². The molecular weight excluding hydrogens is 300 g/mol. The minimum absolute atomic E-state index is 0.0708. The van der Waals surface area contributed by atoms with Crippen molar-refractivity contribution in [2.75, 3.05) is 33.3 Å². The number of carbonyl (C=O) groups is 1. The highest BCUT2D eigenvalue weighted by molar-refractivity contribution is 6.30. The highest BCUT2D eigenvalue weighted by Crippen LogP contribution is 2.23. The van der Waals surface area contributed by atoms with Crippen LogP contribution in [0.3, 0.4) is 0 Å². The molecular formula is C17H25ClN2O2. The van der Waals surface area contributed by atoms with E-state index in [1.165, 1.54) is 6.42 Å². The molecule has 1 aromatic carbocycles. The molecule has 0 aliphatic carbocycles. The molecule has 0 bridgehead atoms. The van der Waals surface area contributed by atoms with Gasteiger partial charge in [0, 0.05) is 18.1 Å². The van der Waals surface area contributed by atoms with Crippen molar-refractivity contribution in [1.29, 1.82) is 0 Å². The summed E-state index contributed by atoms with van der Waals surface area (Å²) in [5, 5.41) is 3.87. The number of carbonyl (C=O) groups excluding carboxylic acids is 1. The van der Waals surface area contributed by atoms with Crippen molar-refractivity contribution in [2.24, 2.45) is 5.92 Å². The molecule has 122 valence electrons. The number of ether oxygens (including phenoxy) is 1. The number of rotatable bonds is 6. The monoisotopic (exact) mass is 324 g/mol. The Hall–Kier alpha value is -1.26. The number of amides is 1. The SMILES string of the molecule is CNCCC1CCN(C(=O)COc2ccc(Cl)cc2C)CC1. The van der Waals surface area contributed by atoms with E-state index in [9.17, 15) is 4.79 Å². The smallest absolute Gasteiger partial charge is 0.260 e. The fourth-order valence-corrected chi connectivity index (χ4v) is 3.05. The van der Waals surface area contributed by atoms with Crippen LogP contribution in [0.25, 0.3) is 0 Å². The first-order valence-electron chi connectivity index (χ1n) is 7.91. The second kappa shape index (κ2) is 8.39. The fraction of sp³-hybridized carbons (Fsp3) is 0.588. The van der Waals surface area contributed by atoms with Crippen molar-refractivity contribution >= 4 is 17.5 Å². The standard InChI is InChI=1S/C17H25ClN2O2/c1-13-11-15(18)3-4-16(13)22-12-17(21)20-9-6-14(7-10-20)5-8-19-2/h3-4,11,14,19H,5-10,12H2,1-2H3. The van der Waals surface area contributed by atoms with E-state index in [0.29, 0.717) is 5.02 Å². The maximum atomic E-state index is 12.2. The van der Waals surface area contributed by atoms with Gasteiger partial charge in [0.1, 0.15) is 5.75 Å². The lowest BCUT2D eigenvalue weighted by molar-refractivity contribution is -0.134. The van der Waals surface area contributed by atoms with E-state index in [-0.39, 0.29) is 12.5 Å². The number of hydrogen-bond acceptors (Lipinski definition) is 3. The number of hydrogen-bond donors (Lipinski definition) is 1. The van der Waals surface area contributed by atoms with Gasteiger partial charge in [0.05, 0.1) is 0 Å². The van der Waals surface area contributed by atoms with Crippen LogP contribution in [-0.2, 0) is 4.79 Å². The molecule has 0 atom stereocenters. The summed E-state index contributed by atoms with van der Waals surface area (Å²) in [6.07, 6.45) is 3.37. The average Bonchev–Trinajstić information content (AvgIpc) is 2.52. The van der Waals surface area contributed by atoms with Crippen molar-refractivity contribution < 1.29 is 9.53 Å². The van der Waals surface area contributed by atoms with Crippen LogP contribution in [0.1, 0.15) is 24.8 Å². The molecule has 1 N–H and O–H groups in total. The molecule has 1 aromatic rings. The van der Waals surface area contributed by atoms with Gasteiger partial charge in [-0.1, -0.05) is 11.6 Å². The van der Waals surface area contributed by atoms with Crippen LogP contribution in [0.15, 0.2) is 18.2 Å². The molecule has 1 heterocycles.